The zero-order valence-corrected chi connectivity index (χ0v) is 10.3. The summed E-state index contributed by atoms with van der Waals surface area (Å²) in [4.78, 5) is 32.7. The van der Waals surface area contributed by atoms with Gasteiger partial charge in [-0.15, -0.1) is 0 Å². The molecule has 0 heterocycles. The Balaban J connectivity index is 4.91. The quantitative estimate of drug-likeness (QED) is 0.701. The number of halogens is 3. The van der Waals surface area contributed by atoms with Crippen molar-refractivity contribution < 1.29 is 37.4 Å². The first kappa shape index (κ1) is 17.2. The van der Waals surface area contributed by atoms with Gasteiger partial charge in [-0.25, -0.2) is 4.79 Å². The Kier molecular flexibility index (Phi) is 6.30. The van der Waals surface area contributed by atoms with Crippen LogP contribution in [0.2, 0.25) is 0 Å². The highest BCUT2D eigenvalue weighted by atomic mass is 19.4. The Morgan fingerprint density at radius 1 is 1.32 bits per heavy atom. The van der Waals surface area contributed by atoms with Crippen molar-refractivity contribution in [1.29, 1.82) is 0 Å². The van der Waals surface area contributed by atoms with Crippen LogP contribution in [0.4, 0.5) is 13.2 Å². The number of esters is 1. The molecule has 0 fully saturated rings. The van der Waals surface area contributed by atoms with Crippen molar-refractivity contribution in [2.45, 2.75) is 32.5 Å². The number of carboxylic acid groups (broad SMARTS) is 1. The minimum atomic E-state index is -5.16. The Hall–Kier alpha value is -1.80. The van der Waals surface area contributed by atoms with Crippen LogP contribution in [0.15, 0.2) is 0 Å². The molecule has 0 spiro atoms. The number of aliphatic carboxylic acids is 1. The maximum atomic E-state index is 12.1. The summed E-state index contributed by atoms with van der Waals surface area (Å²) in [5.74, 6) is -5.76. The van der Waals surface area contributed by atoms with Gasteiger partial charge in [0, 0.05) is 0 Å². The largest absolute Gasteiger partial charge is 0.481 e. The molecular formula is C10H14F3NO5. The number of carboxylic acids is 1. The van der Waals surface area contributed by atoms with E-state index < -0.39 is 42.4 Å². The molecule has 9 heteroatoms. The Bertz CT molecular complexity index is 356. The van der Waals surface area contributed by atoms with Crippen molar-refractivity contribution in [3.05, 3.63) is 0 Å². The molecule has 0 saturated heterocycles. The number of amides is 1. The van der Waals surface area contributed by atoms with Crippen LogP contribution >= 0.6 is 0 Å². The zero-order chi connectivity index (χ0) is 15.2. The Morgan fingerprint density at radius 3 is 2.21 bits per heavy atom. The third-order valence-corrected chi connectivity index (χ3v) is 2.15. The van der Waals surface area contributed by atoms with Gasteiger partial charge in [0.1, 0.15) is 6.04 Å². The summed E-state index contributed by atoms with van der Waals surface area (Å²) in [6.07, 6.45) is -5.74. The zero-order valence-electron chi connectivity index (χ0n) is 10.3. The van der Waals surface area contributed by atoms with Gasteiger partial charge in [-0.3, -0.25) is 9.59 Å². The number of carbonyl (C=O) groups is 3. The minimum absolute atomic E-state index is 0.100. The lowest BCUT2D eigenvalue weighted by Gasteiger charge is -2.22. The van der Waals surface area contributed by atoms with Crippen LogP contribution in [-0.2, 0) is 19.1 Å². The summed E-state index contributed by atoms with van der Waals surface area (Å²) in [7, 11) is 0. The van der Waals surface area contributed by atoms with E-state index in [-0.39, 0.29) is 6.61 Å². The number of nitrogens with one attached hydrogen (secondary N) is 1. The molecule has 0 saturated carbocycles. The van der Waals surface area contributed by atoms with Crippen LogP contribution in [0.3, 0.4) is 0 Å². The number of alkyl halides is 3. The first-order chi connectivity index (χ1) is 8.59. The first-order valence-corrected chi connectivity index (χ1v) is 5.35. The molecular weight excluding hydrogens is 271 g/mol. The monoisotopic (exact) mass is 285 g/mol. The van der Waals surface area contributed by atoms with Gasteiger partial charge in [-0.05, 0) is 12.8 Å². The lowest BCUT2D eigenvalue weighted by Crippen LogP contribution is -2.50. The molecule has 0 aromatic carbocycles. The molecule has 2 atom stereocenters. The molecule has 110 valence electrons. The predicted octanol–water partition coefficient (Wildman–Crippen LogP) is 0.707. The fraction of sp³-hybridized carbons (Fsp3) is 0.700. The van der Waals surface area contributed by atoms with E-state index in [4.69, 9.17) is 5.11 Å². The van der Waals surface area contributed by atoms with E-state index >= 15 is 0 Å². The number of rotatable bonds is 6. The molecule has 1 unspecified atom stereocenters. The van der Waals surface area contributed by atoms with E-state index in [1.54, 1.807) is 0 Å². The third kappa shape index (κ3) is 6.07. The van der Waals surface area contributed by atoms with Crippen LogP contribution in [0.25, 0.3) is 0 Å². The van der Waals surface area contributed by atoms with Gasteiger partial charge in [-0.1, -0.05) is 6.92 Å². The highest BCUT2D eigenvalue weighted by Gasteiger charge is 2.42. The minimum Gasteiger partial charge on any atom is -0.481 e. The van der Waals surface area contributed by atoms with E-state index in [2.05, 4.69) is 4.74 Å². The molecule has 0 bridgehead atoms. The SMILES string of the molecule is CCOC(=O)[C@@H](NC(=O)C(F)(F)F)C(C)CC(=O)O. The standard InChI is InChI=1S/C10H14F3NO5/c1-3-19-8(17)7(5(2)4-6(15)16)14-9(18)10(11,12)13/h5,7H,3-4H2,1-2H3,(H,14,18)(H,15,16)/t5?,7-/m0/s1. The number of carbonyl (C=O) groups excluding carboxylic acids is 2. The molecule has 0 aromatic rings. The van der Waals surface area contributed by atoms with Gasteiger partial charge in [0.15, 0.2) is 0 Å². The van der Waals surface area contributed by atoms with Crippen LogP contribution in [0.5, 0.6) is 0 Å². The van der Waals surface area contributed by atoms with Gasteiger partial charge in [0.05, 0.1) is 13.0 Å². The maximum absolute atomic E-state index is 12.1. The van der Waals surface area contributed by atoms with Crippen LogP contribution < -0.4 is 5.32 Å². The molecule has 19 heavy (non-hydrogen) atoms. The Morgan fingerprint density at radius 2 is 1.84 bits per heavy atom. The topological polar surface area (TPSA) is 92.7 Å². The van der Waals surface area contributed by atoms with Crippen LogP contribution in [0.1, 0.15) is 20.3 Å². The molecule has 6 nitrogen and oxygen atoms in total. The molecule has 0 rings (SSSR count). The summed E-state index contributed by atoms with van der Waals surface area (Å²) in [5, 5.41) is 10.00. The van der Waals surface area contributed by atoms with Crippen molar-refractivity contribution in [1.82, 2.24) is 5.32 Å². The van der Waals surface area contributed by atoms with Gasteiger partial charge >= 0.3 is 24.0 Å². The first-order valence-electron chi connectivity index (χ1n) is 5.35. The van der Waals surface area contributed by atoms with Crippen molar-refractivity contribution in [3.63, 3.8) is 0 Å². The second-order valence-electron chi connectivity index (χ2n) is 3.78. The predicted molar refractivity (Wildman–Crippen MR) is 56.0 cm³/mol. The number of ether oxygens (including phenoxy) is 1. The van der Waals surface area contributed by atoms with E-state index in [9.17, 15) is 27.6 Å². The summed E-state index contributed by atoms with van der Waals surface area (Å²) in [5.41, 5.74) is 0. The van der Waals surface area contributed by atoms with E-state index in [0.29, 0.717) is 0 Å². The summed E-state index contributed by atoms with van der Waals surface area (Å²) >= 11 is 0. The normalized spacial score (nSPS) is 14.4. The van der Waals surface area contributed by atoms with E-state index in [1.165, 1.54) is 19.2 Å². The average Bonchev–Trinajstić information content (AvgIpc) is 2.22. The van der Waals surface area contributed by atoms with Crippen LogP contribution in [-0.4, -0.2) is 41.8 Å². The van der Waals surface area contributed by atoms with Crippen molar-refractivity contribution in [3.8, 4) is 0 Å². The van der Waals surface area contributed by atoms with Gasteiger partial charge in [-0.2, -0.15) is 13.2 Å². The molecule has 0 aromatic heterocycles. The average molecular weight is 285 g/mol. The van der Waals surface area contributed by atoms with Gasteiger partial charge < -0.3 is 15.2 Å². The van der Waals surface area contributed by atoms with E-state index in [1.807, 2.05) is 0 Å². The fourth-order valence-corrected chi connectivity index (χ4v) is 1.28. The fourth-order valence-electron chi connectivity index (χ4n) is 1.28. The molecule has 1 amide bonds. The summed E-state index contributed by atoms with van der Waals surface area (Å²) in [6.45, 7) is 2.56. The molecule has 0 radical (unpaired) electrons. The van der Waals surface area contributed by atoms with Gasteiger partial charge in [0.2, 0.25) is 0 Å². The van der Waals surface area contributed by atoms with Crippen molar-refractivity contribution in [2.75, 3.05) is 6.61 Å². The maximum Gasteiger partial charge on any atom is 0.471 e. The smallest absolute Gasteiger partial charge is 0.471 e. The number of hydrogen-bond acceptors (Lipinski definition) is 4. The van der Waals surface area contributed by atoms with Crippen molar-refractivity contribution >= 4 is 17.8 Å². The van der Waals surface area contributed by atoms with Crippen molar-refractivity contribution in [2.24, 2.45) is 5.92 Å². The molecule has 0 aliphatic rings. The second kappa shape index (κ2) is 6.95. The molecule has 2 N–H and O–H groups in total. The third-order valence-electron chi connectivity index (χ3n) is 2.15. The molecule has 0 aliphatic heterocycles. The lowest BCUT2D eigenvalue weighted by atomic mass is 9.98. The van der Waals surface area contributed by atoms with Gasteiger partial charge in [0.25, 0.3) is 0 Å². The summed E-state index contributed by atoms with van der Waals surface area (Å²) < 4.78 is 40.8. The highest BCUT2D eigenvalue weighted by molar-refractivity contribution is 5.88. The van der Waals surface area contributed by atoms with Crippen LogP contribution in [0, 0.1) is 5.92 Å². The molecule has 0 aliphatic carbocycles. The summed E-state index contributed by atoms with van der Waals surface area (Å²) in [6, 6.07) is -1.66. The number of hydrogen-bond donors (Lipinski definition) is 2. The van der Waals surface area contributed by atoms with E-state index in [0.717, 1.165) is 0 Å². The second-order valence-corrected chi connectivity index (χ2v) is 3.78. The lowest BCUT2D eigenvalue weighted by molar-refractivity contribution is -0.176. The Labute approximate surface area is 106 Å². The highest BCUT2D eigenvalue weighted by Crippen LogP contribution is 2.17.